The summed E-state index contributed by atoms with van der Waals surface area (Å²) in [7, 11) is 0. The summed E-state index contributed by atoms with van der Waals surface area (Å²) in [6, 6.07) is 7.29. The second-order valence-corrected chi connectivity index (χ2v) is 3.97. The van der Waals surface area contributed by atoms with Crippen molar-refractivity contribution in [2.75, 3.05) is 0 Å². The lowest BCUT2D eigenvalue weighted by Gasteiger charge is -2.08. The zero-order valence-electron chi connectivity index (χ0n) is 10.0. The number of aliphatic carboxylic acids is 1. The largest absolute Gasteiger partial charge is 0.478 e. The molecule has 1 aromatic carbocycles. The molecule has 1 N–H and O–H groups in total. The molecule has 0 amide bonds. The number of carbonyl (C=O) groups excluding carboxylic acids is 1. The first-order valence-corrected chi connectivity index (χ1v) is 5.60. The molecule has 1 atom stereocenters. The van der Waals surface area contributed by atoms with Gasteiger partial charge in [0.2, 0.25) is 0 Å². The van der Waals surface area contributed by atoms with Crippen LogP contribution in [0.1, 0.15) is 42.1 Å². The molecule has 0 fully saturated rings. The molecule has 90 valence electrons. The van der Waals surface area contributed by atoms with Crippen molar-refractivity contribution in [3.8, 4) is 0 Å². The number of carbonyl (C=O) groups is 2. The van der Waals surface area contributed by atoms with E-state index in [4.69, 9.17) is 5.11 Å². The number of rotatable bonds is 5. The zero-order chi connectivity index (χ0) is 12.8. The summed E-state index contributed by atoms with van der Waals surface area (Å²) in [5, 5.41) is 8.42. The Morgan fingerprint density at radius 2 is 1.82 bits per heavy atom. The predicted octanol–water partition coefficient (Wildman–Crippen LogP) is 3.02. The Morgan fingerprint density at radius 3 is 2.29 bits per heavy atom. The molecule has 3 nitrogen and oxygen atoms in total. The highest BCUT2D eigenvalue weighted by atomic mass is 16.4. The van der Waals surface area contributed by atoms with E-state index in [1.54, 1.807) is 12.1 Å². The third-order valence-electron chi connectivity index (χ3n) is 2.75. The van der Waals surface area contributed by atoms with Crippen molar-refractivity contribution in [1.29, 1.82) is 0 Å². The van der Waals surface area contributed by atoms with Gasteiger partial charge in [0.15, 0.2) is 5.78 Å². The summed E-state index contributed by atoms with van der Waals surface area (Å²) < 4.78 is 0. The summed E-state index contributed by atoms with van der Waals surface area (Å²) in [6.07, 6.45) is 2.97. The van der Waals surface area contributed by atoms with Crippen LogP contribution in [0.25, 0.3) is 0 Å². The molecule has 0 saturated carbocycles. The SMILES string of the molecule is CCC(C)c1ccc(C(=O)/C=C/C(=O)O)cc1. The predicted molar refractivity (Wildman–Crippen MR) is 66.3 cm³/mol. The van der Waals surface area contributed by atoms with Crippen LogP contribution in [0.5, 0.6) is 0 Å². The van der Waals surface area contributed by atoms with Crippen LogP contribution in [0.3, 0.4) is 0 Å². The second-order valence-electron chi connectivity index (χ2n) is 3.97. The van der Waals surface area contributed by atoms with Gasteiger partial charge in [-0.1, -0.05) is 38.1 Å². The molecule has 0 saturated heterocycles. The Balaban J connectivity index is 2.80. The van der Waals surface area contributed by atoms with E-state index < -0.39 is 5.97 Å². The lowest BCUT2D eigenvalue weighted by Crippen LogP contribution is -1.98. The summed E-state index contributed by atoms with van der Waals surface area (Å²) >= 11 is 0. The van der Waals surface area contributed by atoms with Crippen molar-refractivity contribution in [1.82, 2.24) is 0 Å². The average molecular weight is 232 g/mol. The summed E-state index contributed by atoms with van der Waals surface area (Å²) in [5.74, 6) is -0.939. The van der Waals surface area contributed by atoms with Crippen molar-refractivity contribution >= 4 is 11.8 Å². The number of allylic oxidation sites excluding steroid dienone is 1. The number of carboxylic acid groups (broad SMARTS) is 1. The van der Waals surface area contributed by atoms with Crippen molar-refractivity contribution in [3.63, 3.8) is 0 Å². The lowest BCUT2D eigenvalue weighted by molar-refractivity contribution is -0.131. The van der Waals surface area contributed by atoms with E-state index in [-0.39, 0.29) is 5.78 Å². The minimum absolute atomic E-state index is 0.289. The molecule has 1 unspecified atom stereocenters. The standard InChI is InChI=1S/C14H16O3/c1-3-10(2)11-4-6-12(7-5-11)13(15)8-9-14(16)17/h4-10H,3H2,1-2H3,(H,16,17)/b9-8+. The third kappa shape index (κ3) is 3.87. The van der Waals surface area contributed by atoms with E-state index >= 15 is 0 Å². The molecule has 0 bridgehead atoms. The molecule has 0 aliphatic carbocycles. The normalized spacial score (nSPS) is 12.6. The minimum Gasteiger partial charge on any atom is -0.478 e. The maximum atomic E-state index is 11.5. The first-order valence-electron chi connectivity index (χ1n) is 5.60. The highest BCUT2D eigenvalue weighted by Gasteiger charge is 2.05. The lowest BCUT2D eigenvalue weighted by atomic mass is 9.97. The molecule has 0 heterocycles. The van der Waals surface area contributed by atoms with E-state index in [0.717, 1.165) is 18.6 Å². The molecule has 0 aromatic heterocycles. The first-order chi connectivity index (χ1) is 8.04. The van der Waals surface area contributed by atoms with Gasteiger partial charge in [0.25, 0.3) is 0 Å². The maximum Gasteiger partial charge on any atom is 0.328 e. The maximum absolute atomic E-state index is 11.5. The van der Waals surface area contributed by atoms with E-state index in [2.05, 4.69) is 13.8 Å². The van der Waals surface area contributed by atoms with Gasteiger partial charge in [-0.05, 0) is 24.0 Å². The number of ketones is 1. The molecule has 17 heavy (non-hydrogen) atoms. The average Bonchev–Trinajstić information content (AvgIpc) is 2.35. The van der Waals surface area contributed by atoms with Crippen LogP contribution in [0.2, 0.25) is 0 Å². The van der Waals surface area contributed by atoms with Crippen molar-refractivity contribution < 1.29 is 14.7 Å². The fourth-order valence-electron chi connectivity index (χ4n) is 1.45. The monoisotopic (exact) mass is 232 g/mol. The Hall–Kier alpha value is -1.90. The molecular weight excluding hydrogens is 216 g/mol. The quantitative estimate of drug-likeness (QED) is 0.627. The van der Waals surface area contributed by atoms with Gasteiger partial charge in [-0.25, -0.2) is 4.79 Å². The Morgan fingerprint density at radius 1 is 1.24 bits per heavy atom. The zero-order valence-corrected chi connectivity index (χ0v) is 10.0. The summed E-state index contributed by atoms with van der Waals surface area (Å²) in [6.45, 7) is 4.24. The molecule has 0 aliphatic rings. The molecule has 3 heteroatoms. The fourth-order valence-corrected chi connectivity index (χ4v) is 1.45. The van der Waals surface area contributed by atoms with Crippen molar-refractivity contribution in [2.24, 2.45) is 0 Å². The minimum atomic E-state index is -1.12. The van der Waals surface area contributed by atoms with Gasteiger partial charge in [-0.3, -0.25) is 4.79 Å². The number of hydrogen-bond acceptors (Lipinski definition) is 2. The highest BCUT2D eigenvalue weighted by molar-refractivity contribution is 6.06. The van der Waals surface area contributed by atoms with E-state index in [1.165, 1.54) is 5.56 Å². The third-order valence-corrected chi connectivity index (χ3v) is 2.75. The Labute approximate surface area is 101 Å². The van der Waals surface area contributed by atoms with Crippen LogP contribution < -0.4 is 0 Å². The Bertz CT molecular complexity index is 429. The van der Waals surface area contributed by atoms with Crippen LogP contribution in [-0.2, 0) is 4.79 Å². The molecular formula is C14H16O3. The van der Waals surface area contributed by atoms with E-state index in [9.17, 15) is 9.59 Å². The van der Waals surface area contributed by atoms with Crippen molar-refractivity contribution in [3.05, 3.63) is 47.5 Å². The van der Waals surface area contributed by atoms with E-state index in [1.807, 2.05) is 12.1 Å². The van der Waals surface area contributed by atoms with Gasteiger partial charge >= 0.3 is 5.97 Å². The van der Waals surface area contributed by atoms with Gasteiger partial charge in [-0.15, -0.1) is 0 Å². The highest BCUT2D eigenvalue weighted by Crippen LogP contribution is 2.18. The van der Waals surface area contributed by atoms with Crippen LogP contribution in [0.4, 0.5) is 0 Å². The van der Waals surface area contributed by atoms with Crippen LogP contribution in [0, 0.1) is 0 Å². The van der Waals surface area contributed by atoms with Crippen molar-refractivity contribution in [2.45, 2.75) is 26.2 Å². The summed E-state index contributed by atoms with van der Waals surface area (Å²) in [4.78, 5) is 21.8. The number of benzene rings is 1. The van der Waals surface area contributed by atoms with E-state index in [0.29, 0.717) is 11.5 Å². The first kappa shape index (κ1) is 13.2. The van der Waals surface area contributed by atoms with Gasteiger partial charge < -0.3 is 5.11 Å². The second kappa shape index (κ2) is 5.99. The van der Waals surface area contributed by atoms with Gasteiger partial charge in [0, 0.05) is 11.6 Å². The number of hydrogen-bond donors (Lipinski definition) is 1. The van der Waals surface area contributed by atoms with Gasteiger partial charge in [-0.2, -0.15) is 0 Å². The fraction of sp³-hybridized carbons (Fsp3) is 0.286. The molecule has 0 spiro atoms. The molecule has 0 radical (unpaired) electrons. The number of carboxylic acids is 1. The van der Waals surface area contributed by atoms with Gasteiger partial charge in [0.1, 0.15) is 0 Å². The topological polar surface area (TPSA) is 54.4 Å². The summed E-state index contributed by atoms with van der Waals surface area (Å²) in [5.41, 5.74) is 1.70. The smallest absolute Gasteiger partial charge is 0.328 e. The molecule has 1 rings (SSSR count). The molecule has 0 aliphatic heterocycles. The Kier molecular flexibility index (Phi) is 4.64. The van der Waals surface area contributed by atoms with Crippen LogP contribution >= 0.6 is 0 Å². The van der Waals surface area contributed by atoms with Gasteiger partial charge in [0.05, 0.1) is 0 Å². The molecule has 1 aromatic rings. The van der Waals surface area contributed by atoms with Crippen LogP contribution in [0.15, 0.2) is 36.4 Å². The van der Waals surface area contributed by atoms with Crippen LogP contribution in [-0.4, -0.2) is 16.9 Å².